The van der Waals surface area contributed by atoms with E-state index in [1.54, 1.807) is 0 Å². The minimum absolute atomic E-state index is 0.955. The Hall–Kier alpha value is 0. The van der Waals surface area contributed by atoms with E-state index in [0.29, 0.717) is 0 Å². The van der Waals surface area contributed by atoms with E-state index in [9.17, 15) is 0 Å². The average molecular weight is 198 g/mol. The summed E-state index contributed by atoms with van der Waals surface area (Å²) >= 11 is 0. The molecular weight excluding hydrogens is 168 g/mol. The summed E-state index contributed by atoms with van der Waals surface area (Å²) < 4.78 is 0. The zero-order valence-electron chi connectivity index (χ0n) is 10.8. The van der Waals surface area contributed by atoms with Gasteiger partial charge in [-0.2, -0.15) is 0 Å². The first-order chi connectivity index (χ1) is 6.74. The Labute approximate surface area is 91.5 Å². The van der Waals surface area contributed by atoms with Crippen molar-refractivity contribution in [1.82, 2.24) is 0 Å². The zero-order valence-corrected chi connectivity index (χ0v) is 10.8. The van der Waals surface area contributed by atoms with Gasteiger partial charge in [-0.05, 0) is 18.3 Å². The van der Waals surface area contributed by atoms with Crippen LogP contribution in [0.5, 0.6) is 0 Å². The van der Waals surface area contributed by atoms with Gasteiger partial charge in [-0.3, -0.25) is 0 Å². The molecule has 0 aromatic carbocycles. The van der Waals surface area contributed by atoms with Crippen molar-refractivity contribution in [3.05, 3.63) is 0 Å². The number of hydrogen-bond acceptors (Lipinski definition) is 0. The summed E-state index contributed by atoms with van der Waals surface area (Å²) in [6.07, 6.45) is 11.3. The fraction of sp³-hybridized carbons (Fsp3) is 1.00. The lowest BCUT2D eigenvalue weighted by molar-refractivity contribution is 0.335. The second-order valence-electron chi connectivity index (χ2n) is 4.90. The summed E-state index contributed by atoms with van der Waals surface area (Å²) in [5.41, 5.74) is 0. The van der Waals surface area contributed by atoms with E-state index in [1.807, 2.05) is 0 Å². The lowest BCUT2D eigenvalue weighted by Crippen LogP contribution is -2.06. The Kier molecular flexibility index (Phi) is 9.55. The fourth-order valence-electron chi connectivity index (χ4n) is 2.22. The molecule has 0 N–H and O–H groups in total. The molecule has 0 aromatic heterocycles. The molecule has 2 atom stereocenters. The van der Waals surface area contributed by atoms with Crippen LogP contribution in [0.3, 0.4) is 0 Å². The summed E-state index contributed by atoms with van der Waals surface area (Å²) in [5.74, 6) is 1.96. The molecular formula is C14H30. The normalized spacial score (nSPS) is 15.4. The quantitative estimate of drug-likeness (QED) is 0.464. The Bertz CT molecular complexity index is 107. The third kappa shape index (κ3) is 7.41. The maximum absolute atomic E-state index is 2.43. The Balaban J connectivity index is 3.57. The van der Waals surface area contributed by atoms with Crippen molar-refractivity contribution in [2.75, 3.05) is 0 Å². The molecule has 0 radical (unpaired) electrons. The van der Waals surface area contributed by atoms with Crippen LogP contribution in [0, 0.1) is 11.8 Å². The van der Waals surface area contributed by atoms with Gasteiger partial charge in [0.1, 0.15) is 0 Å². The lowest BCUT2D eigenvalue weighted by atomic mass is 9.87. The second-order valence-corrected chi connectivity index (χ2v) is 4.90. The minimum atomic E-state index is 0.955. The van der Waals surface area contributed by atoms with Crippen LogP contribution >= 0.6 is 0 Å². The molecule has 0 rings (SSSR count). The van der Waals surface area contributed by atoms with Crippen molar-refractivity contribution in [3.8, 4) is 0 Å². The van der Waals surface area contributed by atoms with Crippen LogP contribution in [0.1, 0.15) is 79.1 Å². The predicted octanol–water partition coefficient (Wildman–Crippen LogP) is 5.42. The van der Waals surface area contributed by atoms with E-state index in [4.69, 9.17) is 0 Å². The maximum atomic E-state index is 2.43. The smallest absolute Gasteiger partial charge is 0.0414 e. The van der Waals surface area contributed by atoms with E-state index >= 15 is 0 Å². The Morgan fingerprint density at radius 3 is 1.93 bits per heavy atom. The van der Waals surface area contributed by atoms with Crippen LogP contribution in [-0.2, 0) is 0 Å². The second kappa shape index (κ2) is 9.55. The molecule has 0 bridgehead atoms. The fourth-order valence-corrected chi connectivity index (χ4v) is 2.22. The first kappa shape index (κ1) is 14.0. The monoisotopic (exact) mass is 198 g/mol. The van der Waals surface area contributed by atoms with Crippen molar-refractivity contribution >= 4 is 0 Å². The van der Waals surface area contributed by atoms with Gasteiger partial charge in [0.2, 0.25) is 0 Å². The van der Waals surface area contributed by atoms with Crippen molar-refractivity contribution in [2.24, 2.45) is 11.8 Å². The van der Waals surface area contributed by atoms with Crippen LogP contribution in [0.4, 0.5) is 0 Å². The molecule has 0 amide bonds. The van der Waals surface area contributed by atoms with Crippen molar-refractivity contribution in [1.29, 1.82) is 0 Å². The van der Waals surface area contributed by atoms with Gasteiger partial charge < -0.3 is 0 Å². The minimum Gasteiger partial charge on any atom is -0.0654 e. The van der Waals surface area contributed by atoms with Crippen molar-refractivity contribution in [3.63, 3.8) is 0 Å². The van der Waals surface area contributed by atoms with Crippen LogP contribution in [0.2, 0.25) is 0 Å². The maximum Gasteiger partial charge on any atom is -0.0414 e. The molecule has 0 aromatic rings. The van der Waals surface area contributed by atoms with E-state index in [0.717, 1.165) is 11.8 Å². The van der Waals surface area contributed by atoms with Crippen LogP contribution in [-0.4, -0.2) is 0 Å². The molecule has 0 spiro atoms. The first-order valence-electron chi connectivity index (χ1n) is 6.74. The highest BCUT2D eigenvalue weighted by molar-refractivity contribution is 4.62. The highest BCUT2D eigenvalue weighted by atomic mass is 14.2. The molecule has 0 aliphatic rings. The van der Waals surface area contributed by atoms with Crippen molar-refractivity contribution < 1.29 is 0 Å². The van der Waals surface area contributed by atoms with Crippen LogP contribution in [0.25, 0.3) is 0 Å². The van der Waals surface area contributed by atoms with Gasteiger partial charge in [-0.25, -0.2) is 0 Å². The number of hydrogen-bond donors (Lipinski definition) is 0. The lowest BCUT2D eigenvalue weighted by Gasteiger charge is -2.19. The SMILES string of the molecule is CCCCC(C)CC(CC)CCCC. The Morgan fingerprint density at radius 1 is 0.857 bits per heavy atom. The summed E-state index contributed by atoms with van der Waals surface area (Å²) in [6, 6.07) is 0. The Morgan fingerprint density at radius 2 is 1.43 bits per heavy atom. The van der Waals surface area contributed by atoms with Crippen molar-refractivity contribution in [2.45, 2.75) is 79.1 Å². The van der Waals surface area contributed by atoms with E-state index in [-0.39, 0.29) is 0 Å². The average Bonchev–Trinajstić information content (AvgIpc) is 2.21. The molecule has 0 aliphatic carbocycles. The third-order valence-corrected chi connectivity index (χ3v) is 3.33. The van der Waals surface area contributed by atoms with Gasteiger partial charge >= 0.3 is 0 Å². The third-order valence-electron chi connectivity index (χ3n) is 3.33. The summed E-state index contributed by atoms with van der Waals surface area (Å²) in [6.45, 7) is 9.38. The molecule has 0 heterocycles. The largest absolute Gasteiger partial charge is 0.0654 e. The molecule has 0 saturated heterocycles. The number of unbranched alkanes of at least 4 members (excludes halogenated alkanes) is 2. The molecule has 0 aliphatic heterocycles. The van der Waals surface area contributed by atoms with E-state index in [1.165, 1.54) is 51.4 Å². The van der Waals surface area contributed by atoms with Gasteiger partial charge in [0.25, 0.3) is 0 Å². The molecule has 0 nitrogen and oxygen atoms in total. The van der Waals surface area contributed by atoms with Gasteiger partial charge in [0, 0.05) is 0 Å². The topological polar surface area (TPSA) is 0 Å². The zero-order chi connectivity index (χ0) is 10.8. The standard InChI is InChI=1S/C14H30/c1-5-8-10-13(4)12-14(7-3)11-9-6-2/h13-14H,5-12H2,1-4H3. The first-order valence-corrected chi connectivity index (χ1v) is 6.74. The highest BCUT2D eigenvalue weighted by Gasteiger charge is 2.10. The highest BCUT2D eigenvalue weighted by Crippen LogP contribution is 2.24. The predicted molar refractivity (Wildman–Crippen MR) is 66.6 cm³/mol. The molecule has 2 unspecified atom stereocenters. The summed E-state index contributed by atoms with van der Waals surface area (Å²) in [4.78, 5) is 0. The van der Waals surface area contributed by atoms with Crippen LogP contribution < -0.4 is 0 Å². The summed E-state index contributed by atoms with van der Waals surface area (Å²) in [7, 11) is 0. The molecule has 14 heavy (non-hydrogen) atoms. The summed E-state index contributed by atoms with van der Waals surface area (Å²) in [5, 5.41) is 0. The van der Waals surface area contributed by atoms with Gasteiger partial charge in [-0.15, -0.1) is 0 Å². The van der Waals surface area contributed by atoms with Crippen LogP contribution in [0.15, 0.2) is 0 Å². The van der Waals surface area contributed by atoms with Gasteiger partial charge in [-0.1, -0.05) is 72.6 Å². The number of rotatable bonds is 9. The molecule has 86 valence electrons. The van der Waals surface area contributed by atoms with E-state index in [2.05, 4.69) is 27.7 Å². The molecule has 0 saturated carbocycles. The van der Waals surface area contributed by atoms with Gasteiger partial charge in [0.05, 0.1) is 0 Å². The van der Waals surface area contributed by atoms with E-state index < -0.39 is 0 Å². The molecule has 0 fully saturated rings. The van der Waals surface area contributed by atoms with Gasteiger partial charge in [0.15, 0.2) is 0 Å². The molecule has 0 heteroatoms.